The maximum atomic E-state index is 12.3. The Kier molecular flexibility index (Phi) is 4.31. The van der Waals surface area contributed by atoms with Crippen molar-refractivity contribution < 1.29 is 9.53 Å². The number of Topliss-reactive ketones (excluding diaryl/α,β-unsaturated/α-hetero) is 1. The van der Waals surface area contributed by atoms with Crippen molar-refractivity contribution in [2.45, 2.75) is 3.79 Å². The van der Waals surface area contributed by atoms with E-state index in [0.29, 0.717) is 15.8 Å². The van der Waals surface area contributed by atoms with Crippen LogP contribution in [-0.4, -0.2) is 16.7 Å². The van der Waals surface area contributed by atoms with Crippen molar-refractivity contribution in [3.63, 3.8) is 0 Å². The molecule has 0 amide bonds. The fourth-order valence-corrected chi connectivity index (χ4v) is 2.86. The number of ether oxygens (including phenoxy) is 1. The lowest BCUT2D eigenvalue weighted by Crippen LogP contribution is -2.19. The summed E-state index contributed by atoms with van der Waals surface area (Å²) in [5.41, 5.74) is 1.75. The summed E-state index contributed by atoms with van der Waals surface area (Å²) < 4.78 is 3.90. The van der Waals surface area contributed by atoms with Crippen LogP contribution >= 0.6 is 50.7 Å². The Bertz CT molecular complexity index is 608. The van der Waals surface area contributed by atoms with Crippen LogP contribution in [0.3, 0.4) is 0 Å². The van der Waals surface area contributed by atoms with Gasteiger partial charge in [0.15, 0.2) is 0 Å². The molecule has 0 saturated heterocycles. The first-order chi connectivity index (χ1) is 8.88. The molecule has 0 saturated carbocycles. The van der Waals surface area contributed by atoms with Crippen molar-refractivity contribution in [2.75, 3.05) is 7.11 Å². The minimum atomic E-state index is -2.03. The van der Waals surface area contributed by atoms with Crippen molar-refractivity contribution in [1.82, 2.24) is 0 Å². The first-order valence-electron chi connectivity index (χ1n) is 5.23. The normalized spacial score (nSPS) is 11.6. The summed E-state index contributed by atoms with van der Waals surface area (Å²) >= 11 is 20.5. The molecule has 100 valence electrons. The van der Waals surface area contributed by atoms with E-state index >= 15 is 0 Å². The fourth-order valence-electron chi connectivity index (χ4n) is 1.87. The minimum absolute atomic E-state index is 0.264. The van der Waals surface area contributed by atoms with Crippen molar-refractivity contribution in [2.24, 2.45) is 0 Å². The van der Waals surface area contributed by atoms with Crippen molar-refractivity contribution in [1.29, 1.82) is 0 Å². The molecular formula is C13H8BrCl3O2. The Hall–Kier alpha value is -0.480. The Morgan fingerprint density at radius 2 is 1.74 bits per heavy atom. The van der Waals surface area contributed by atoms with E-state index in [1.54, 1.807) is 6.07 Å². The van der Waals surface area contributed by atoms with Gasteiger partial charge in [0.2, 0.25) is 5.78 Å². The number of hydrogen-bond donors (Lipinski definition) is 0. The van der Waals surface area contributed by atoms with Crippen LogP contribution in [0.15, 0.2) is 34.8 Å². The zero-order valence-electron chi connectivity index (χ0n) is 9.72. The molecule has 6 heteroatoms. The second-order valence-corrected chi connectivity index (χ2v) is 6.86. The molecule has 0 fully saturated rings. The third-order valence-corrected chi connectivity index (χ3v) is 3.96. The molecule has 2 nitrogen and oxygen atoms in total. The van der Waals surface area contributed by atoms with Gasteiger partial charge in [-0.3, -0.25) is 4.79 Å². The Morgan fingerprint density at radius 1 is 1.16 bits per heavy atom. The molecule has 0 aromatic heterocycles. The van der Waals surface area contributed by atoms with E-state index in [9.17, 15) is 4.79 Å². The molecule has 2 aliphatic carbocycles. The van der Waals surface area contributed by atoms with Gasteiger partial charge in [0.1, 0.15) is 5.75 Å². The molecule has 0 unspecified atom stereocenters. The number of methoxy groups -OCH3 is 1. The van der Waals surface area contributed by atoms with Crippen LogP contribution < -0.4 is 4.74 Å². The highest BCUT2D eigenvalue weighted by Gasteiger charge is 2.38. The van der Waals surface area contributed by atoms with Crippen LogP contribution in [0.5, 0.6) is 5.75 Å². The first kappa shape index (κ1) is 14.9. The molecule has 0 N–H and O–H groups in total. The lowest BCUT2D eigenvalue weighted by atomic mass is 10.1. The van der Waals surface area contributed by atoms with Crippen LogP contribution in [0.2, 0.25) is 0 Å². The molecule has 0 heterocycles. The number of fused-ring (bicyclic) bond motifs is 1. The monoisotopic (exact) mass is 380 g/mol. The summed E-state index contributed by atoms with van der Waals surface area (Å²) in [5.74, 6) is -0.242. The van der Waals surface area contributed by atoms with E-state index in [2.05, 4.69) is 15.9 Å². The number of carbonyl (C=O) groups excluding carboxylic acids is 1. The molecule has 0 bridgehead atoms. The standard InChI is InChI=1S/C13H8BrCl3O2/c1-19-11-9(12(18)13(15,16)17)7-5-3-2-4-6-8(7)10(11)14/h2-6H,1H3. The largest absolute Gasteiger partial charge is 0.495 e. The maximum Gasteiger partial charge on any atom is 0.253 e. The predicted octanol–water partition coefficient (Wildman–Crippen LogP) is 5.12. The van der Waals surface area contributed by atoms with Crippen molar-refractivity contribution in [3.8, 4) is 16.9 Å². The molecule has 2 rings (SSSR count). The summed E-state index contributed by atoms with van der Waals surface area (Å²) in [6, 6.07) is 9.16. The Labute approximate surface area is 134 Å². The van der Waals surface area contributed by atoms with Gasteiger partial charge in [-0.2, -0.15) is 0 Å². The van der Waals surface area contributed by atoms with E-state index in [4.69, 9.17) is 39.5 Å². The van der Waals surface area contributed by atoms with Gasteiger partial charge in [-0.25, -0.2) is 0 Å². The number of ketones is 1. The van der Waals surface area contributed by atoms with Gasteiger partial charge >= 0.3 is 0 Å². The van der Waals surface area contributed by atoms with Gasteiger partial charge in [0.25, 0.3) is 3.79 Å². The zero-order chi connectivity index (χ0) is 14.2. The summed E-state index contributed by atoms with van der Waals surface area (Å²) in [6.07, 6.45) is 0. The van der Waals surface area contributed by atoms with E-state index < -0.39 is 9.58 Å². The highest BCUT2D eigenvalue weighted by atomic mass is 79.9. The van der Waals surface area contributed by atoms with E-state index in [-0.39, 0.29) is 5.56 Å². The van der Waals surface area contributed by atoms with E-state index in [0.717, 1.165) is 5.56 Å². The van der Waals surface area contributed by atoms with Crippen LogP contribution in [0.25, 0.3) is 11.1 Å². The van der Waals surface area contributed by atoms with Gasteiger partial charge < -0.3 is 4.74 Å². The Morgan fingerprint density at radius 3 is 2.26 bits per heavy atom. The maximum absolute atomic E-state index is 12.3. The third kappa shape index (κ3) is 2.70. The molecule has 0 aromatic rings. The van der Waals surface area contributed by atoms with Gasteiger partial charge in [-0.05, 0) is 21.5 Å². The SMILES string of the molecule is COc1c(Br)c2cccccc-2c1C(=O)C(Cl)(Cl)Cl. The molecule has 19 heavy (non-hydrogen) atoms. The molecular weight excluding hydrogens is 374 g/mol. The number of alkyl halides is 3. The summed E-state index contributed by atoms with van der Waals surface area (Å²) in [7, 11) is 1.47. The van der Waals surface area contributed by atoms with Crippen LogP contribution in [0.1, 0.15) is 10.4 Å². The average Bonchev–Trinajstić information content (AvgIpc) is 2.52. The molecule has 2 aliphatic rings. The summed E-state index contributed by atoms with van der Waals surface area (Å²) in [6.45, 7) is 0. The minimum Gasteiger partial charge on any atom is -0.495 e. The highest BCUT2D eigenvalue weighted by molar-refractivity contribution is 9.10. The lowest BCUT2D eigenvalue weighted by molar-refractivity contribution is 0.0994. The number of hydrogen-bond acceptors (Lipinski definition) is 2. The number of carbonyl (C=O) groups is 1. The second kappa shape index (κ2) is 5.49. The first-order valence-corrected chi connectivity index (χ1v) is 7.16. The molecule has 0 radical (unpaired) electrons. The molecule has 0 spiro atoms. The smallest absolute Gasteiger partial charge is 0.253 e. The van der Waals surface area contributed by atoms with E-state index in [1.807, 2.05) is 24.3 Å². The topological polar surface area (TPSA) is 26.3 Å². The fraction of sp³-hybridized carbons (Fsp3) is 0.154. The van der Waals surface area contributed by atoms with E-state index in [1.165, 1.54) is 7.11 Å². The quantitative estimate of drug-likeness (QED) is 0.533. The third-order valence-electron chi connectivity index (χ3n) is 2.66. The van der Waals surface area contributed by atoms with Crippen LogP contribution in [0.4, 0.5) is 0 Å². The highest BCUT2D eigenvalue weighted by Crippen LogP contribution is 2.48. The number of rotatable bonds is 2. The summed E-state index contributed by atoms with van der Waals surface area (Å²) in [5, 5.41) is 0. The van der Waals surface area contributed by atoms with Gasteiger partial charge in [-0.15, -0.1) is 0 Å². The lowest BCUT2D eigenvalue weighted by Gasteiger charge is -2.11. The predicted molar refractivity (Wildman–Crippen MR) is 81.9 cm³/mol. The van der Waals surface area contributed by atoms with Gasteiger partial charge in [0, 0.05) is 5.56 Å². The Balaban J connectivity index is 2.79. The van der Waals surface area contributed by atoms with Crippen molar-refractivity contribution >= 4 is 56.5 Å². The zero-order valence-corrected chi connectivity index (χ0v) is 13.6. The molecule has 0 atom stereocenters. The average molecular weight is 382 g/mol. The van der Waals surface area contributed by atoms with Gasteiger partial charge in [-0.1, -0.05) is 65.1 Å². The molecule has 0 aliphatic heterocycles. The molecule has 0 aromatic carbocycles. The van der Waals surface area contributed by atoms with Crippen LogP contribution in [-0.2, 0) is 0 Å². The van der Waals surface area contributed by atoms with Crippen LogP contribution in [0, 0.1) is 0 Å². The number of halogens is 4. The second-order valence-electron chi connectivity index (χ2n) is 3.79. The van der Waals surface area contributed by atoms with Crippen molar-refractivity contribution in [3.05, 3.63) is 40.4 Å². The van der Waals surface area contributed by atoms with Gasteiger partial charge in [0.05, 0.1) is 17.1 Å². The summed E-state index contributed by atoms with van der Waals surface area (Å²) in [4.78, 5) is 12.3.